The zero-order valence-electron chi connectivity index (χ0n) is 10.5. The normalized spacial score (nSPS) is 18.7. The van der Waals surface area contributed by atoms with Crippen LogP contribution in [0.3, 0.4) is 0 Å². The lowest BCUT2D eigenvalue weighted by atomic mass is 9.94. The first kappa shape index (κ1) is 12.2. The number of nitrogens with zero attached hydrogens (tertiary/aromatic N) is 1. The van der Waals surface area contributed by atoms with Crippen LogP contribution in [0.2, 0.25) is 0 Å². The largest absolute Gasteiger partial charge is 0.375 e. The summed E-state index contributed by atoms with van der Waals surface area (Å²) < 4.78 is 1.24. The van der Waals surface area contributed by atoms with E-state index in [1.165, 1.54) is 33.5 Å². The second-order valence-electron chi connectivity index (χ2n) is 4.83. The third-order valence-corrected chi connectivity index (χ3v) is 5.24. The monoisotopic (exact) mass is 325 g/mol. The van der Waals surface area contributed by atoms with E-state index in [0.29, 0.717) is 6.04 Å². The van der Waals surface area contributed by atoms with E-state index < -0.39 is 0 Å². The molecule has 2 heterocycles. The molecule has 1 aliphatic rings. The molecule has 3 rings (SSSR count). The maximum Gasteiger partial charge on any atom is 0.0825 e. The Kier molecular flexibility index (Phi) is 3.20. The molecule has 18 heavy (non-hydrogen) atoms. The van der Waals surface area contributed by atoms with Crippen molar-refractivity contribution < 1.29 is 0 Å². The van der Waals surface area contributed by atoms with Gasteiger partial charge in [0, 0.05) is 4.88 Å². The molecule has 0 saturated heterocycles. The molecule has 1 atom stereocenters. The lowest BCUT2D eigenvalue weighted by molar-refractivity contribution is 0.608. The maximum atomic E-state index is 4.25. The van der Waals surface area contributed by atoms with Crippen molar-refractivity contribution in [2.24, 2.45) is 0 Å². The molecule has 0 fully saturated rings. The Balaban J connectivity index is 1.91. The number of nitrogens with one attached hydrogen (secondary N) is 2. The number of anilines is 1. The molecule has 1 aliphatic carbocycles. The fourth-order valence-corrected chi connectivity index (χ4v) is 4.43. The minimum Gasteiger partial charge on any atom is -0.375 e. The third-order valence-electron chi connectivity index (χ3n) is 3.53. The standard InChI is InChI=1S/C13H16BrN3S/c1-7-13(8(2)17-16-7)15-10-4-3-5-11-9(10)6-12(14)18-11/h6,10,15H,3-5H2,1-2H3,(H,16,17). The topological polar surface area (TPSA) is 40.7 Å². The quantitative estimate of drug-likeness (QED) is 0.862. The Morgan fingerprint density at radius 2 is 2.33 bits per heavy atom. The Labute approximate surface area is 119 Å². The Morgan fingerprint density at radius 3 is 3.06 bits per heavy atom. The molecule has 2 aromatic rings. The fraction of sp³-hybridized carbons (Fsp3) is 0.462. The molecule has 2 N–H and O–H groups in total. The van der Waals surface area contributed by atoms with Gasteiger partial charge in [-0.3, -0.25) is 5.10 Å². The highest BCUT2D eigenvalue weighted by atomic mass is 79.9. The number of rotatable bonds is 2. The van der Waals surface area contributed by atoms with E-state index in [-0.39, 0.29) is 0 Å². The van der Waals surface area contributed by atoms with Gasteiger partial charge in [-0.1, -0.05) is 0 Å². The zero-order valence-corrected chi connectivity index (χ0v) is 12.9. The number of hydrogen-bond donors (Lipinski definition) is 2. The van der Waals surface area contributed by atoms with Crippen molar-refractivity contribution >= 4 is 33.0 Å². The molecule has 0 aliphatic heterocycles. The van der Waals surface area contributed by atoms with Gasteiger partial charge >= 0.3 is 0 Å². The summed E-state index contributed by atoms with van der Waals surface area (Å²) in [5.74, 6) is 0. The molecule has 0 bridgehead atoms. The van der Waals surface area contributed by atoms with Gasteiger partial charge in [-0.15, -0.1) is 11.3 Å². The smallest absolute Gasteiger partial charge is 0.0825 e. The lowest BCUT2D eigenvalue weighted by Crippen LogP contribution is -2.16. The molecule has 0 radical (unpaired) electrons. The van der Waals surface area contributed by atoms with E-state index in [1.807, 2.05) is 18.3 Å². The van der Waals surface area contributed by atoms with E-state index in [2.05, 4.69) is 44.4 Å². The molecule has 0 amide bonds. The first-order chi connectivity index (χ1) is 8.65. The second-order valence-corrected chi connectivity index (χ2v) is 7.34. The number of aryl methyl sites for hydroxylation is 3. The van der Waals surface area contributed by atoms with Crippen molar-refractivity contribution in [1.82, 2.24) is 10.2 Å². The highest BCUT2D eigenvalue weighted by Crippen LogP contribution is 2.40. The number of thiophene rings is 1. The molecule has 1 unspecified atom stereocenters. The molecule has 5 heteroatoms. The van der Waals surface area contributed by atoms with Crippen molar-refractivity contribution in [1.29, 1.82) is 0 Å². The van der Waals surface area contributed by atoms with Gasteiger partial charge in [-0.2, -0.15) is 5.10 Å². The Bertz CT molecular complexity index is 553. The number of aromatic nitrogens is 2. The number of H-pyrrole nitrogens is 1. The van der Waals surface area contributed by atoms with Crippen molar-refractivity contribution in [2.45, 2.75) is 39.2 Å². The van der Waals surface area contributed by atoms with Gasteiger partial charge in [-0.05, 0) is 60.7 Å². The molecular formula is C13H16BrN3S. The van der Waals surface area contributed by atoms with E-state index in [0.717, 1.165) is 17.1 Å². The molecule has 2 aromatic heterocycles. The van der Waals surface area contributed by atoms with Crippen LogP contribution in [0.15, 0.2) is 9.85 Å². The predicted octanol–water partition coefficient (Wildman–Crippen LogP) is 4.34. The summed E-state index contributed by atoms with van der Waals surface area (Å²) in [7, 11) is 0. The van der Waals surface area contributed by atoms with Crippen LogP contribution in [0.1, 0.15) is 40.7 Å². The summed E-state index contributed by atoms with van der Waals surface area (Å²) >= 11 is 5.47. The van der Waals surface area contributed by atoms with Crippen molar-refractivity contribution in [2.75, 3.05) is 5.32 Å². The molecule has 0 saturated carbocycles. The highest BCUT2D eigenvalue weighted by molar-refractivity contribution is 9.11. The minimum atomic E-state index is 0.422. The van der Waals surface area contributed by atoms with Crippen LogP contribution in [0.5, 0.6) is 0 Å². The van der Waals surface area contributed by atoms with Crippen LogP contribution >= 0.6 is 27.3 Å². The molecule has 96 valence electrons. The highest BCUT2D eigenvalue weighted by Gasteiger charge is 2.23. The summed E-state index contributed by atoms with van der Waals surface area (Å²) in [5, 5.41) is 10.9. The minimum absolute atomic E-state index is 0.422. The van der Waals surface area contributed by atoms with Crippen LogP contribution in [0, 0.1) is 13.8 Å². The van der Waals surface area contributed by atoms with E-state index >= 15 is 0 Å². The third kappa shape index (κ3) is 2.10. The summed E-state index contributed by atoms with van der Waals surface area (Å²) in [6.07, 6.45) is 3.67. The van der Waals surface area contributed by atoms with Crippen LogP contribution in [-0.2, 0) is 6.42 Å². The first-order valence-corrected chi connectivity index (χ1v) is 7.82. The van der Waals surface area contributed by atoms with Gasteiger partial charge in [0.1, 0.15) is 0 Å². The summed E-state index contributed by atoms with van der Waals surface area (Å²) in [4.78, 5) is 1.52. The van der Waals surface area contributed by atoms with Gasteiger partial charge in [0.15, 0.2) is 0 Å². The second kappa shape index (κ2) is 4.70. The van der Waals surface area contributed by atoms with Crippen molar-refractivity contribution in [3.8, 4) is 0 Å². The Morgan fingerprint density at radius 1 is 1.50 bits per heavy atom. The van der Waals surface area contributed by atoms with Crippen LogP contribution in [0.25, 0.3) is 0 Å². The molecule has 3 nitrogen and oxygen atoms in total. The zero-order chi connectivity index (χ0) is 12.7. The van der Waals surface area contributed by atoms with Gasteiger partial charge in [-0.25, -0.2) is 0 Å². The van der Waals surface area contributed by atoms with Crippen LogP contribution < -0.4 is 5.32 Å². The number of fused-ring (bicyclic) bond motifs is 1. The first-order valence-electron chi connectivity index (χ1n) is 6.21. The SMILES string of the molecule is Cc1n[nH]c(C)c1NC1CCCc2sc(Br)cc21. The number of aromatic amines is 1. The molecule has 0 aromatic carbocycles. The number of halogens is 1. The van der Waals surface area contributed by atoms with E-state index in [4.69, 9.17) is 0 Å². The summed E-state index contributed by atoms with van der Waals surface area (Å²) in [6, 6.07) is 2.69. The molecular weight excluding hydrogens is 310 g/mol. The van der Waals surface area contributed by atoms with Crippen molar-refractivity contribution in [3.63, 3.8) is 0 Å². The average Bonchev–Trinajstić information content (AvgIpc) is 2.86. The van der Waals surface area contributed by atoms with Crippen LogP contribution in [0.4, 0.5) is 5.69 Å². The molecule has 0 spiro atoms. The summed E-state index contributed by atoms with van der Waals surface area (Å²) in [5.41, 5.74) is 4.79. The lowest BCUT2D eigenvalue weighted by Gasteiger charge is -2.24. The Hall–Kier alpha value is -0.810. The predicted molar refractivity (Wildman–Crippen MR) is 79.4 cm³/mol. The van der Waals surface area contributed by atoms with Gasteiger partial charge in [0.25, 0.3) is 0 Å². The van der Waals surface area contributed by atoms with Crippen molar-refractivity contribution in [3.05, 3.63) is 31.7 Å². The average molecular weight is 326 g/mol. The summed E-state index contributed by atoms with van der Waals surface area (Å²) in [6.45, 7) is 4.11. The van der Waals surface area contributed by atoms with Crippen LogP contribution in [-0.4, -0.2) is 10.2 Å². The van der Waals surface area contributed by atoms with E-state index in [1.54, 1.807) is 0 Å². The number of hydrogen-bond acceptors (Lipinski definition) is 3. The van der Waals surface area contributed by atoms with Gasteiger partial charge < -0.3 is 5.32 Å². The van der Waals surface area contributed by atoms with Gasteiger partial charge in [0.2, 0.25) is 0 Å². The fourth-order valence-electron chi connectivity index (χ4n) is 2.61. The van der Waals surface area contributed by atoms with Gasteiger partial charge in [0.05, 0.1) is 26.9 Å². The van der Waals surface area contributed by atoms with E-state index in [9.17, 15) is 0 Å². The maximum absolute atomic E-state index is 4.25.